The summed E-state index contributed by atoms with van der Waals surface area (Å²) in [4.78, 5) is 8.26. The van der Waals surface area contributed by atoms with Gasteiger partial charge in [-0.2, -0.15) is 0 Å². The van der Waals surface area contributed by atoms with Crippen LogP contribution in [0.15, 0.2) is 18.6 Å². The quantitative estimate of drug-likeness (QED) is 0.679. The molecule has 22 heavy (non-hydrogen) atoms. The molecule has 1 saturated heterocycles. The van der Waals surface area contributed by atoms with Gasteiger partial charge in [-0.1, -0.05) is 6.42 Å². The summed E-state index contributed by atoms with van der Waals surface area (Å²) in [5.74, 6) is 1.53. The fraction of sp³-hybridized carbons (Fsp3) is 0.733. The van der Waals surface area contributed by atoms with E-state index in [4.69, 9.17) is 4.74 Å². The third kappa shape index (κ3) is 4.78. The van der Waals surface area contributed by atoms with Gasteiger partial charge in [0.2, 0.25) is 0 Å². The number of aromatic nitrogens is 2. The molecule has 1 aromatic heterocycles. The van der Waals surface area contributed by atoms with E-state index >= 15 is 0 Å². The highest BCUT2D eigenvalue weighted by molar-refractivity contribution is 5.85. The van der Waals surface area contributed by atoms with Gasteiger partial charge in [0.15, 0.2) is 0 Å². The van der Waals surface area contributed by atoms with E-state index in [-0.39, 0.29) is 12.4 Å². The molecule has 3 rings (SSSR count). The summed E-state index contributed by atoms with van der Waals surface area (Å²) in [6.45, 7) is 4.52. The fourth-order valence-electron chi connectivity index (χ4n) is 3.42. The van der Waals surface area contributed by atoms with Crippen LogP contribution in [-0.4, -0.2) is 54.9 Å². The maximum Gasteiger partial charge on any atom is 0.144 e. The summed E-state index contributed by atoms with van der Waals surface area (Å²) in [7, 11) is 0. The summed E-state index contributed by atoms with van der Waals surface area (Å²) in [5, 5.41) is 10.6. The first kappa shape index (κ1) is 17.4. The van der Waals surface area contributed by atoms with Gasteiger partial charge >= 0.3 is 0 Å². The Bertz CT molecular complexity index is 416. The lowest BCUT2D eigenvalue weighted by Crippen LogP contribution is -2.51. The van der Waals surface area contributed by atoms with Gasteiger partial charge in [0, 0.05) is 44.1 Å². The Labute approximate surface area is 138 Å². The highest BCUT2D eigenvalue weighted by Gasteiger charge is 2.34. The van der Waals surface area contributed by atoms with Crippen molar-refractivity contribution < 1.29 is 4.74 Å². The minimum atomic E-state index is 0. The Morgan fingerprint density at radius 1 is 1.27 bits per heavy atom. The second-order valence-corrected chi connectivity index (χ2v) is 5.81. The van der Waals surface area contributed by atoms with Gasteiger partial charge in [-0.3, -0.25) is 4.98 Å². The molecule has 0 bridgehead atoms. The highest BCUT2D eigenvalue weighted by atomic mass is 35.5. The average Bonchev–Trinajstić information content (AvgIpc) is 3.02. The van der Waals surface area contributed by atoms with E-state index in [2.05, 4.69) is 25.9 Å². The van der Waals surface area contributed by atoms with Crippen LogP contribution in [0, 0.1) is 5.92 Å². The van der Waals surface area contributed by atoms with Crippen LogP contribution in [0.4, 0.5) is 5.82 Å². The van der Waals surface area contributed by atoms with Crippen molar-refractivity contribution in [2.45, 2.75) is 31.3 Å². The van der Waals surface area contributed by atoms with Gasteiger partial charge in [-0.15, -0.1) is 12.4 Å². The smallest absolute Gasteiger partial charge is 0.144 e. The number of nitrogens with zero attached hydrogens (tertiary/aromatic N) is 2. The first-order valence-corrected chi connectivity index (χ1v) is 7.98. The minimum absolute atomic E-state index is 0. The van der Waals surface area contributed by atoms with Crippen molar-refractivity contribution in [3.05, 3.63) is 18.6 Å². The van der Waals surface area contributed by atoms with Crippen molar-refractivity contribution >= 4 is 18.2 Å². The predicted octanol–water partition coefficient (Wildman–Crippen LogP) is 1.06. The molecule has 0 spiro atoms. The summed E-state index contributed by atoms with van der Waals surface area (Å²) in [6.07, 6.45) is 9.04. The van der Waals surface area contributed by atoms with E-state index in [1.807, 2.05) is 0 Å². The zero-order valence-electron chi connectivity index (χ0n) is 12.8. The summed E-state index contributed by atoms with van der Waals surface area (Å²) < 4.78 is 5.61. The van der Waals surface area contributed by atoms with Crippen LogP contribution in [0.25, 0.3) is 0 Å². The van der Waals surface area contributed by atoms with Crippen LogP contribution in [0.3, 0.4) is 0 Å². The Balaban J connectivity index is 0.00000176. The van der Waals surface area contributed by atoms with E-state index in [1.165, 1.54) is 19.3 Å². The first-order chi connectivity index (χ1) is 10.4. The topological polar surface area (TPSA) is 71.1 Å². The number of ether oxygens (including phenoxy) is 1. The van der Waals surface area contributed by atoms with Gasteiger partial charge in [0.05, 0.1) is 19.4 Å². The third-order valence-electron chi connectivity index (χ3n) is 4.44. The van der Waals surface area contributed by atoms with Crippen LogP contribution in [0.5, 0.6) is 0 Å². The molecule has 1 aliphatic heterocycles. The Morgan fingerprint density at radius 3 is 3.00 bits per heavy atom. The first-order valence-electron chi connectivity index (χ1n) is 7.98. The average molecular weight is 328 g/mol. The third-order valence-corrected chi connectivity index (χ3v) is 4.44. The lowest BCUT2D eigenvalue weighted by atomic mass is 9.94. The number of hydrogen-bond donors (Lipinski definition) is 3. The van der Waals surface area contributed by atoms with Crippen molar-refractivity contribution in [3.8, 4) is 0 Å². The number of anilines is 1. The molecule has 1 aliphatic carbocycles. The van der Waals surface area contributed by atoms with Crippen molar-refractivity contribution in [3.63, 3.8) is 0 Å². The van der Waals surface area contributed by atoms with Crippen LogP contribution >= 0.6 is 12.4 Å². The van der Waals surface area contributed by atoms with Crippen molar-refractivity contribution in [1.82, 2.24) is 20.6 Å². The molecule has 2 aliphatic rings. The van der Waals surface area contributed by atoms with E-state index in [0.717, 1.165) is 38.7 Å². The van der Waals surface area contributed by atoms with Crippen LogP contribution in [0.1, 0.15) is 19.3 Å². The van der Waals surface area contributed by atoms with Crippen molar-refractivity contribution in [2.24, 2.45) is 5.92 Å². The molecule has 2 heterocycles. The maximum atomic E-state index is 5.61. The number of morpholine rings is 1. The van der Waals surface area contributed by atoms with Crippen molar-refractivity contribution in [1.29, 1.82) is 0 Å². The van der Waals surface area contributed by atoms with Crippen LogP contribution in [-0.2, 0) is 4.74 Å². The Morgan fingerprint density at radius 2 is 2.23 bits per heavy atom. The lowest BCUT2D eigenvalue weighted by Gasteiger charge is -2.33. The van der Waals surface area contributed by atoms with E-state index in [9.17, 15) is 0 Å². The number of rotatable bonds is 6. The molecular formula is C15H26ClN5O. The number of hydrogen-bond acceptors (Lipinski definition) is 6. The molecule has 1 aromatic rings. The second kappa shape index (κ2) is 9.25. The van der Waals surface area contributed by atoms with Gasteiger partial charge in [-0.25, -0.2) is 4.98 Å². The molecule has 0 amide bonds. The predicted molar refractivity (Wildman–Crippen MR) is 89.5 cm³/mol. The largest absolute Gasteiger partial charge is 0.379 e. The molecule has 3 atom stereocenters. The molecule has 0 aromatic carbocycles. The van der Waals surface area contributed by atoms with Gasteiger partial charge in [0.1, 0.15) is 5.82 Å². The molecule has 3 unspecified atom stereocenters. The number of nitrogens with one attached hydrogen (secondary N) is 3. The van der Waals surface area contributed by atoms with Crippen LogP contribution in [0.2, 0.25) is 0 Å². The molecule has 7 heteroatoms. The molecule has 6 nitrogen and oxygen atoms in total. The summed E-state index contributed by atoms with van der Waals surface area (Å²) in [5.41, 5.74) is 0. The molecule has 1 saturated carbocycles. The zero-order chi connectivity index (χ0) is 14.3. The van der Waals surface area contributed by atoms with Gasteiger partial charge in [-0.05, 0) is 18.8 Å². The zero-order valence-corrected chi connectivity index (χ0v) is 13.6. The molecule has 0 radical (unpaired) electrons. The van der Waals surface area contributed by atoms with Gasteiger partial charge in [0.25, 0.3) is 0 Å². The van der Waals surface area contributed by atoms with Gasteiger partial charge < -0.3 is 20.7 Å². The molecule has 2 fully saturated rings. The van der Waals surface area contributed by atoms with E-state index in [0.29, 0.717) is 18.0 Å². The normalized spacial score (nSPS) is 28.1. The minimum Gasteiger partial charge on any atom is -0.379 e. The van der Waals surface area contributed by atoms with Crippen molar-refractivity contribution in [2.75, 3.05) is 38.2 Å². The maximum absolute atomic E-state index is 5.61. The lowest BCUT2D eigenvalue weighted by molar-refractivity contribution is 0.0526. The monoisotopic (exact) mass is 327 g/mol. The summed E-state index contributed by atoms with van der Waals surface area (Å²) in [6, 6.07) is 1.12. The number of halogens is 1. The van der Waals surface area contributed by atoms with E-state index < -0.39 is 0 Å². The highest BCUT2D eigenvalue weighted by Crippen LogP contribution is 2.29. The van der Waals surface area contributed by atoms with E-state index in [1.54, 1.807) is 18.6 Å². The van der Waals surface area contributed by atoms with Crippen LogP contribution < -0.4 is 16.0 Å². The molecule has 3 N–H and O–H groups in total. The molecule has 124 valence electrons. The Kier molecular flexibility index (Phi) is 7.32. The Hall–Kier alpha value is -0.950. The summed E-state index contributed by atoms with van der Waals surface area (Å²) >= 11 is 0. The standard InChI is InChI=1S/C15H25N5O.ClH/c1-2-12(14-11-21-9-8-18-14)13(3-1)17-6-7-20-15-10-16-4-5-19-15;/h4-5,10,12-14,17-18H,1-3,6-9,11H2,(H,19,20);1H. The fourth-order valence-corrected chi connectivity index (χ4v) is 3.42. The molecular weight excluding hydrogens is 302 g/mol. The SMILES string of the molecule is Cl.c1cnc(NCCNC2CCCC2C2COCCN2)cn1. The second-order valence-electron chi connectivity index (χ2n) is 5.81.